The van der Waals surface area contributed by atoms with Gasteiger partial charge in [-0.1, -0.05) is 30.3 Å². The van der Waals surface area contributed by atoms with Gasteiger partial charge in [-0.15, -0.1) is 0 Å². The highest BCUT2D eigenvalue weighted by Crippen LogP contribution is 2.33. The fourth-order valence-electron chi connectivity index (χ4n) is 3.54. The van der Waals surface area contributed by atoms with Gasteiger partial charge in [0.2, 0.25) is 0 Å². The van der Waals surface area contributed by atoms with Gasteiger partial charge in [0.25, 0.3) is 5.91 Å². The Bertz CT molecular complexity index is 699. The van der Waals surface area contributed by atoms with Crippen molar-refractivity contribution in [3.8, 4) is 11.5 Å². The standard InChI is InChI=1S/C21H25NO3/c1-15-20(17-7-5-4-6-8-17)13-14-22(15)21(23)16(2)25-19-11-9-18(24-3)10-12-19/h4-12,15-16,20H,13-14H2,1-3H3/t15-,16+,20+/m0/s1. The largest absolute Gasteiger partial charge is 0.497 e. The first kappa shape index (κ1) is 17.3. The van der Waals surface area contributed by atoms with Crippen LogP contribution in [0.3, 0.4) is 0 Å². The van der Waals surface area contributed by atoms with Crippen LogP contribution in [0.2, 0.25) is 0 Å². The molecular weight excluding hydrogens is 314 g/mol. The predicted molar refractivity (Wildman–Crippen MR) is 98.1 cm³/mol. The van der Waals surface area contributed by atoms with Crippen molar-refractivity contribution in [1.82, 2.24) is 4.90 Å². The molecule has 0 spiro atoms. The highest BCUT2D eigenvalue weighted by Gasteiger charge is 2.36. The molecule has 0 aliphatic carbocycles. The van der Waals surface area contributed by atoms with Crippen molar-refractivity contribution in [3.63, 3.8) is 0 Å². The molecule has 1 aliphatic heterocycles. The first-order valence-corrected chi connectivity index (χ1v) is 8.76. The van der Waals surface area contributed by atoms with Crippen molar-refractivity contribution in [3.05, 3.63) is 60.2 Å². The summed E-state index contributed by atoms with van der Waals surface area (Å²) in [4.78, 5) is 14.8. The Morgan fingerprint density at radius 1 is 1.08 bits per heavy atom. The van der Waals surface area contributed by atoms with E-state index in [-0.39, 0.29) is 11.9 Å². The molecule has 3 atom stereocenters. The van der Waals surface area contributed by atoms with Crippen LogP contribution in [0.15, 0.2) is 54.6 Å². The van der Waals surface area contributed by atoms with E-state index in [1.165, 1.54) is 5.56 Å². The molecule has 0 bridgehead atoms. The third kappa shape index (κ3) is 3.78. The summed E-state index contributed by atoms with van der Waals surface area (Å²) in [6, 6.07) is 17.9. The highest BCUT2D eigenvalue weighted by molar-refractivity contribution is 5.81. The molecule has 0 aromatic heterocycles. The van der Waals surface area contributed by atoms with Crippen molar-refractivity contribution in [2.45, 2.75) is 38.3 Å². The third-order valence-corrected chi connectivity index (χ3v) is 4.99. The van der Waals surface area contributed by atoms with Crippen LogP contribution in [0.5, 0.6) is 11.5 Å². The van der Waals surface area contributed by atoms with Gasteiger partial charge >= 0.3 is 0 Å². The number of nitrogens with zero attached hydrogens (tertiary/aromatic N) is 1. The lowest BCUT2D eigenvalue weighted by Crippen LogP contribution is -2.43. The maximum Gasteiger partial charge on any atom is 0.263 e. The molecule has 1 saturated heterocycles. The van der Waals surface area contributed by atoms with Gasteiger partial charge in [-0.05, 0) is 50.1 Å². The van der Waals surface area contributed by atoms with Gasteiger partial charge in [0.05, 0.1) is 7.11 Å². The van der Waals surface area contributed by atoms with Gasteiger partial charge in [0.15, 0.2) is 6.10 Å². The van der Waals surface area contributed by atoms with Gasteiger partial charge in [-0.3, -0.25) is 4.79 Å². The van der Waals surface area contributed by atoms with E-state index in [9.17, 15) is 4.79 Å². The molecule has 2 aromatic rings. The molecule has 1 aliphatic rings. The quantitative estimate of drug-likeness (QED) is 0.830. The molecule has 0 unspecified atom stereocenters. The molecule has 1 heterocycles. The van der Waals surface area contributed by atoms with E-state index in [1.807, 2.05) is 42.2 Å². The number of ether oxygens (including phenoxy) is 2. The summed E-state index contributed by atoms with van der Waals surface area (Å²) in [6.07, 6.45) is 0.483. The maximum atomic E-state index is 12.8. The summed E-state index contributed by atoms with van der Waals surface area (Å²) < 4.78 is 11.0. The number of hydrogen-bond acceptors (Lipinski definition) is 3. The van der Waals surface area contributed by atoms with E-state index >= 15 is 0 Å². The maximum absolute atomic E-state index is 12.8. The van der Waals surface area contributed by atoms with Crippen LogP contribution in [0.4, 0.5) is 0 Å². The number of carbonyl (C=O) groups is 1. The number of benzene rings is 2. The Labute approximate surface area is 149 Å². The van der Waals surface area contributed by atoms with Crippen LogP contribution in [0.25, 0.3) is 0 Å². The SMILES string of the molecule is COc1ccc(O[C@H](C)C(=O)N2CC[C@@H](c3ccccc3)[C@@H]2C)cc1. The fraction of sp³-hybridized carbons (Fsp3) is 0.381. The van der Waals surface area contributed by atoms with Gasteiger partial charge in [0, 0.05) is 18.5 Å². The molecule has 4 heteroatoms. The Hall–Kier alpha value is -2.49. The van der Waals surface area contributed by atoms with Crippen molar-refractivity contribution >= 4 is 5.91 Å². The number of rotatable bonds is 5. The number of methoxy groups -OCH3 is 1. The van der Waals surface area contributed by atoms with Crippen molar-refractivity contribution < 1.29 is 14.3 Å². The number of amides is 1. The minimum atomic E-state index is -0.509. The van der Waals surface area contributed by atoms with Crippen LogP contribution in [0.1, 0.15) is 31.7 Å². The van der Waals surface area contributed by atoms with Gasteiger partial charge in [0.1, 0.15) is 11.5 Å². The van der Waals surface area contributed by atoms with Gasteiger partial charge in [-0.25, -0.2) is 0 Å². The Kier molecular flexibility index (Phi) is 5.27. The van der Waals surface area contributed by atoms with Crippen molar-refractivity contribution in [2.75, 3.05) is 13.7 Å². The second-order valence-corrected chi connectivity index (χ2v) is 6.51. The second kappa shape index (κ2) is 7.60. The normalized spacial score (nSPS) is 21.0. The van der Waals surface area contributed by atoms with E-state index < -0.39 is 6.10 Å². The lowest BCUT2D eigenvalue weighted by atomic mass is 9.93. The lowest BCUT2D eigenvalue weighted by Gasteiger charge is -2.28. The zero-order chi connectivity index (χ0) is 17.8. The Morgan fingerprint density at radius 2 is 1.72 bits per heavy atom. The Morgan fingerprint density at radius 3 is 2.36 bits per heavy atom. The van der Waals surface area contributed by atoms with Crippen LogP contribution >= 0.6 is 0 Å². The third-order valence-electron chi connectivity index (χ3n) is 4.99. The zero-order valence-electron chi connectivity index (χ0n) is 15.0. The molecule has 0 saturated carbocycles. The van der Waals surface area contributed by atoms with Crippen LogP contribution in [0, 0.1) is 0 Å². The summed E-state index contributed by atoms with van der Waals surface area (Å²) in [5.41, 5.74) is 1.30. The molecule has 132 valence electrons. The van der Waals surface area contributed by atoms with Gasteiger partial charge < -0.3 is 14.4 Å². The minimum Gasteiger partial charge on any atom is -0.497 e. The van der Waals surface area contributed by atoms with Crippen LogP contribution < -0.4 is 9.47 Å². The predicted octanol–water partition coefficient (Wildman–Crippen LogP) is 3.87. The highest BCUT2D eigenvalue weighted by atomic mass is 16.5. The average molecular weight is 339 g/mol. The summed E-state index contributed by atoms with van der Waals surface area (Å²) >= 11 is 0. The first-order chi connectivity index (χ1) is 12.1. The van der Waals surface area contributed by atoms with Crippen LogP contribution in [-0.4, -0.2) is 36.6 Å². The van der Waals surface area contributed by atoms with E-state index in [0.29, 0.717) is 11.7 Å². The van der Waals surface area contributed by atoms with E-state index in [4.69, 9.17) is 9.47 Å². The zero-order valence-corrected chi connectivity index (χ0v) is 15.0. The molecule has 1 amide bonds. The van der Waals surface area contributed by atoms with Crippen LogP contribution in [-0.2, 0) is 4.79 Å². The Balaban J connectivity index is 1.64. The van der Waals surface area contributed by atoms with Crippen molar-refractivity contribution in [2.24, 2.45) is 0 Å². The van der Waals surface area contributed by atoms with E-state index in [1.54, 1.807) is 7.11 Å². The fourth-order valence-corrected chi connectivity index (χ4v) is 3.54. The molecule has 4 nitrogen and oxygen atoms in total. The summed E-state index contributed by atoms with van der Waals surface area (Å²) in [5, 5.41) is 0. The minimum absolute atomic E-state index is 0.0433. The first-order valence-electron chi connectivity index (χ1n) is 8.76. The monoisotopic (exact) mass is 339 g/mol. The van der Waals surface area contributed by atoms with E-state index in [0.717, 1.165) is 18.7 Å². The number of likely N-dealkylation sites (tertiary alicyclic amines) is 1. The number of carbonyl (C=O) groups excluding carboxylic acids is 1. The summed E-state index contributed by atoms with van der Waals surface area (Å²) in [6.45, 7) is 4.72. The number of hydrogen-bond donors (Lipinski definition) is 0. The molecule has 0 radical (unpaired) electrons. The topological polar surface area (TPSA) is 38.8 Å². The summed E-state index contributed by atoms with van der Waals surface area (Å²) in [7, 11) is 1.62. The lowest BCUT2D eigenvalue weighted by molar-refractivity contribution is -0.138. The molecule has 3 rings (SSSR count). The molecule has 1 fully saturated rings. The molecular formula is C21H25NO3. The molecule has 25 heavy (non-hydrogen) atoms. The molecule has 0 N–H and O–H groups in total. The van der Waals surface area contributed by atoms with E-state index in [2.05, 4.69) is 31.2 Å². The second-order valence-electron chi connectivity index (χ2n) is 6.51. The molecule has 2 aromatic carbocycles. The smallest absolute Gasteiger partial charge is 0.263 e. The van der Waals surface area contributed by atoms with Gasteiger partial charge in [-0.2, -0.15) is 0 Å². The average Bonchev–Trinajstić information content (AvgIpc) is 3.03. The van der Waals surface area contributed by atoms with Crippen molar-refractivity contribution in [1.29, 1.82) is 0 Å². The summed E-state index contributed by atoms with van der Waals surface area (Å²) in [5.74, 6) is 1.87.